The maximum atomic E-state index is 13.3. The van der Waals surface area contributed by atoms with Crippen molar-refractivity contribution in [2.45, 2.75) is 31.8 Å². The molecule has 0 radical (unpaired) electrons. The SMILES string of the molecule is CCOC(=O)C1c2c(Br)csc2C(NOCc2ccccc2)CN1C(=O)C(F)(F)F. The standard InChI is InChI=1S/C19H18BrF3N2O4S/c1-2-28-17(26)15-14-12(20)10-30-16(14)13(8-25(15)18(27)19(21,22)23)24-29-9-11-6-4-3-5-7-11/h3-7,10,13,15,24H,2,8-9H2,1H3. The second-order valence-electron chi connectivity index (χ2n) is 6.42. The lowest BCUT2D eigenvalue weighted by Crippen LogP contribution is -2.52. The van der Waals surface area contributed by atoms with E-state index in [0.717, 1.165) is 5.56 Å². The summed E-state index contributed by atoms with van der Waals surface area (Å²) in [6.07, 6.45) is -5.14. The van der Waals surface area contributed by atoms with Crippen molar-refractivity contribution in [3.8, 4) is 0 Å². The number of amides is 1. The maximum Gasteiger partial charge on any atom is 0.471 e. The van der Waals surface area contributed by atoms with Crippen molar-refractivity contribution in [2.75, 3.05) is 13.2 Å². The van der Waals surface area contributed by atoms with Crippen molar-refractivity contribution in [2.24, 2.45) is 0 Å². The third kappa shape index (κ3) is 4.85. The molecule has 0 spiro atoms. The van der Waals surface area contributed by atoms with Crippen molar-refractivity contribution in [1.29, 1.82) is 0 Å². The van der Waals surface area contributed by atoms with E-state index in [4.69, 9.17) is 9.57 Å². The predicted molar refractivity (Wildman–Crippen MR) is 106 cm³/mol. The van der Waals surface area contributed by atoms with Gasteiger partial charge in [0.05, 0.1) is 19.3 Å². The van der Waals surface area contributed by atoms with Crippen LogP contribution in [0.1, 0.15) is 35.0 Å². The third-order valence-corrected chi connectivity index (χ3v) is 6.48. The molecule has 11 heteroatoms. The van der Waals surface area contributed by atoms with Gasteiger partial charge in [-0.1, -0.05) is 30.3 Å². The van der Waals surface area contributed by atoms with Crippen LogP contribution in [-0.2, 0) is 25.8 Å². The Kier molecular flexibility index (Phi) is 7.17. The molecular formula is C19H18BrF3N2O4S. The summed E-state index contributed by atoms with van der Waals surface area (Å²) in [7, 11) is 0. The van der Waals surface area contributed by atoms with Gasteiger partial charge in [-0.15, -0.1) is 11.3 Å². The predicted octanol–water partition coefficient (Wildman–Crippen LogP) is 4.28. The number of hydroxylamine groups is 1. The van der Waals surface area contributed by atoms with Crippen molar-refractivity contribution >= 4 is 39.1 Å². The Morgan fingerprint density at radius 3 is 2.63 bits per heavy atom. The molecule has 0 fully saturated rings. The number of thiophene rings is 1. The normalized spacial score (nSPS) is 18.8. The van der Waals surface area contributed by atoms with E-state index in [9.17, 15) is 22.8 Å². The number of alkyl halides is 3. The largest absolute Gasteiger partial charge is 0.471 e. The maximum absolute atomic E-state index is 13.3. The first-order chi connectivity index (χ1) is 14.2. The van der Waals surface area contributed by atoms with E-state index in [1.807, 2.05) is 30.3 Å². The molecule has 162 valence electrons. The first kappa shape index (κ1) is 22.7. The summed E-state index contributed by atoms with van der Waals surface area (Å²) in [6.45, 7) is 1.29. The van der Waals surface area contributed by atoms with Gasteiger partial charge in [-0.3, -0.25) is 9.63 Å². The molecule has 2 heterocycles. The fourth-order valence-corrected chi connectivity index (χ4v) is 4.99. The zero-order valence-corrected chi connectivity index (χ0v) is 18.1. The van der Waals surface area contributed by atoms with Crippen LogP contribution in [-0.4, -0.2) is 36.1 Å². The highest BCUT2D eigenvalue weighted by molar-refractivity contribution is 9.10. The molecular weight excluding hydrogens is 489 g/mol. The van der Waals surface area contributed by atoms with Crippen LogP contribution in [0.2, 0.25) is 0 Å². The molecule has 2 atom stereocenters. The minimum absolute atomic E-state index is 0.0255. The second-order valence-corrected chi connectivity index (χ2v) is 8.18. The van der Waals surface area contributed by atoms with Gasteiger partial charge in [0.25, 0.3) is 0 Å². The Morgan fingerprint density at radius 2 is 2.00 bits per heavy atom. The monoisotopic (exact) mass is 506 g/mol. The molecule has 1 aliphatic heterocycles. The topological polar surface area (TPSA) is 67.9 Å². The number of rotatable bonds is 6. The van der Waals surface area contributed by atoms with Gasteiger partial charge >= 0.3 is 18.1 Å². The minimum atomic E-state index is -5.14. The summed E-state index contributed by atoms with van der Waals surface area (Å²) in [5, 5.41) is 1.66. The Labute approximate surface area is 183 Å². The number of ether oxygens (including phenoxy) is 1. The number of hydrogen-bond donors (Lipinski definition) is 1. The average molecular weight is 507 g/mol. The van der Waals surface area contributed by atoms with Gasteiger partial charge in [0.1, 0.15) is 0 Å². The zero-order chi connectivity index (χ0) is 21.9. The van der Waals surface area contributed by atoms with Gasteiger partial charge in [0, 0.05) is 26.8 Å². The van der Waals surface area contributed by atoms with Gasteiger partial charge in [0.2, 0.25) is 0 Å². The fourth-order valence-electron chi connectivity index (χ4n) is 3.16. The lowest BCUT2D eigenvalue weighted by Gasteiger charge is -2.38. The number of fused-ring (bicyclic) bond motifs is 1. The number of benzene rings is 1. The second kappa shape index (κ2) is 9.46. The summed E-state index contributed by atoms with van der Waals surface area (Å²) in [5.41, 5.74) is 3.87. The molecule has 3 rings (SSSR count). The Bertz CT molecular complexity index is 907. The summed E-state index contributed by atoms with van der Waals surface area (Å²) in [4.78, 5) is 31.2. The van der Waals surface area contributed by atoms with E-state index in [1.54, 1.807) is 12.3 Å². The van der Waals surface area contributed by atoms with Crippen LogP contribution in [0.15, 0.2) is 40.2 Å². The van der Waals surface area contributed by atoms with Crippen molar-refractivity contribution in [3.63, 3.8) is 0 Å². The molecule has 0 saturated carbocycles. The fraction of sp³-hybridized carbons (Fsp3) is 0.368. The molecule has 2 aromatic rings. The van der Waals surface area contributed by atoms with E-state index < -0.39 is 36.7 Å². The Balaban J connectivity index is 1.89. The van der Waals surface area contributed by atoms with Gasteiger partial charge in [-0.25, -0.2) is 4.79 Å². The van der Waals surface area contributed by atoms with Gasteiger partial charge in [-0.2, -0.15) is 18.7 Å². The highest BCUT2D eigenvalue weighted by Crippen LogP contribution is 2.45. The van der Waals surface area contributed by atoms with Crippen molar-refractivity contribution in [1.82, 2.24) is 10.4 Å². The van der Waals surface area contributed by atoms with Crippen LogP contribution < -0.4 is 5.48 Å². The molecule has 1 aliphatic rings. The van der Waals surface area contributed by atoms with Crippen molar-refractivity contribution in [3.05, 3.63) is 56.2 Å². The average Bonchev–Trinajstić information content (AvgIpc) is 3.09. The number of hydrogen-bond acceptors (Lipinski definition) is 6. The Morgan fingerprint density at radius 1 is 1.30 bits per heavy atom. The number of nitrogens with one attached hydrogen (secondary N) is 1. The first-order valence-corrected chi connectivity index (χ1v) is 10.6. The van der Waals surface area contributed by atoms with E-state index in [2.05, 4.69) is 21.4 Å². The number of carbonyl (C=O) groups excluding carboxylic acids is 2. The molecule has 2 unspecified atom stereocenters. The lowest BCUT2D eigenvalue weighted by atomic mass is 9.97. The zero-order valence-electron chi connectivity index (χ0n) is 15.7. The highest BCUT2D eigenvalue weighted by atomic mass is 79.9. The first-order valence-electron chi connectivity index (χ1n) is 8.96. The molecule has 30 heavy (non-hydrogen) atoms. The van der Waals surface area contributed by atoms with Crippen LogP contribution in [0.3, 0.4) is 0 Å². The summed E-state index contributed by atoms with van der Waals surface area (Å²) < 4.78 is 45.2. The van der Waals surface area contributed by atoms with Gasteiger partial charge < -0.3 is 9.64 Å². The summed E-state index contributed by atoms with van der Waals surface area (Å²) in [6, 6.07) is 6.95. The van der Waals surface area contributed by atoms with Gasteiger partial charge in [-0.05, 0) is 28.4 Å². The highest BCUT2D eigenvalue weighted by Gasteiger charge is 2.51. The van der Waals surface area contributed by atoms with Crippen LogP contribution in [0.4, 0.5) is 13.2 Å². The van der Waals surface area contributed by atoms with E-state index in [-0.39, 0.29) is 18.8 Å². The number of nitrogens with zero attached hydrogens (tertiary/aromatic N) is 1. The molecule has 1 amide bonds. The van der Waals surface area contributed by atoms with E-state index in [0.29, 0.717) is 14.2 Å². The minimum Gasteiger partial charge on any atom is -0.464 e. The number of carbonyl (C=O) groups is 2. The molecule has 6 nitrogen and oxygen atoms in total. The quantitative estimate of drug-likeness (QED) is 0.467. The van der Waals surface area contributed by atoms with E-state index in [1.165, 1.54) is 11.3 Å². The molecule has 1 aromatic heterocycles. The van der Waals surface area contributed by atoms with Crippen LogP contribution in [0.5, 0.6) is 0 Å². The molecule has 0 aliphatic carbocycles. The lowest BCUT2D eigenvalue weighted by molar-refractivity contribution is -0.192. The number of esters is 1. The van der Waals surface area contributed by atoms with Crippen LogP contribution >= 0.6 is 27.3 Å². The molecule has 1 N–H and O–H groups in total. The number of halogens is 4. The smallest absolute Gasteiger partial charge is 0.464 e. The summed E-state index contributed by atoms with van der Waals surface area (Å²) in [5.74, 6) is -3.03. The molecule has 0 saturated heterocycles. The molecule has 0 bridgehead atoms. The van der Waals surface area contributed by atoms with E-state index >= 15 is 0 Å². The van der Waals surface area contributed by atoms with Crippen LogP contribution in [0, 0.1) is 0 Å². The van der Waals surface area contributed by atoms with Crippen LogP contribution in [0.25, 0.3) is 0 Å². The molecule has 1 aromatic carbocycles. The Hall–Kier alpha value is -1.95. The van der Waals surface area contributed by atoms with Crippen molar-refractivity contribution < 1.29 is 32.3 Å². The van der Waals surface area contributed by atoms with Gasteiger partial charge in [0.15, 0.2) is 6.04 Å². The third-order valence-electron chi connectivity index (χ3n) is 4.41. The summed E-state index contributed by atoms with van der Waals surface area (Å²) >= 11 is 4.54.